The number of benzene rings is 2. The van der Waals surface area contributed by atoms with Crippen LogP contribution in [0.25, 0.3) is 12.2 Å². The minimum atomic E-state index is 0.634. The highest BCUT2D eigenvalue weighted by molar-refractivity contribution is 5.49. The van der Waals surface area contributed by atoms with E-state index in [1.807, 2.05) is 12.1 Å². The standard InChI is InChI=1S/C11H14.C10H12/c1-10(2)8-9-11-6-4-3-5-7-11;1-2-3-7-10-8-5-4-6-9-10/h3-10H,1-2H3;3-9H,2H2,1H3. The van der Waals surface area contributed by atoms with Gasteiger partial charge in [0.2, 0.25) is 0 Å². The van der Waals surface area contributed by atoms with Crippen LogP contribution in [0.2, 0.25) is 0 Å². The summed E-state index contributed by atoms with van der Waals surface area (Å²) in [5, 5.41) is 0. The van der Waals surface area contributed by atoms with Gasteiger partial charge in [-0.05, 0) is 23.5 Å². The van der Waals surface area contributed by atoms with Gasteiger partial charge in [-0.15, -0.1) is 0 Å². The zero-order valence-electron chi connectivity index (χ0n) is 13.4. The normalized spacial score (nSPS) is 10.9. The van der Waals surface area contributed by atoms with E-state index in [1.165, 1.54) is 11.1 Å². The van der Waals surface area contributed by atoms with E-state index < -0.39 is 0 Å². The Balaban J connectivity index is 0.000000211. The fraction of sp³-hybridized carbons (Fsp3) is 0.238. The molecule has 2 aromatic carbocycles. The third-order valence-electron chi connectivity index (χ3n) is 2.82. The molecule has 21 heavy (non-hydrogen) atoms. The molecule has 0 atom stereocenters. The van der Waals surface area contributed by atoms with Crippen LogP contribution in [-0.4, -0.2) is 0 Å². The molecule has 0 bridgehead atoms. The van der Waals surface area contributed by atoms with Crippen LogP contribution in [0, 0.1) is 5.92 Å². The van der Waals surface area contributed by atoms with Gasteiger partial charge in [0.15, 0.2) is 0 Å². The molecule has 110 valence electrons. The van der Waals surface area contributed by atoms with E-state index in [9.17, 15) is 0 Å². The fourth-order valence-electron chi connectivity index (χ4n) is 1.69. The van der Waals surface area contributed by atoms with Gasteiger partial charge in [-0.2, -0.15) is 0 Å². The molecule has 0 saturated heterocycles. The summed E-state index contributed by atoms with van der Waals surface area (Å²) in [6.07, 6.45) is 9.77. The van der Waals surface area contributed by atoms with E-state index in [4.69, 9.17) is 0 Å². The summed E-state index contributed by atoms with van der Waals surface area (Å²) in [5.74, 6) is 0.634. The fourth-order valence-corrected chi connectivity index (χ4v) is 1.69. The van der Waals surface area contributed by atoms with Crippen LogP contribution < -0.4 is 0 Å². The first-order valence-electron chi connectivity index (χ1n) is 7.67. The van der Waals surface area contributed by atoms with Crippen molar-refractivity contribution in [3.63, 3.8) is 0 Å². The van der Waals surface area contributed by atoms with Crippen molar-refractivity contribution < 1.29 is 0 Å². The summed E-state index contributed by atoms with van der Waals surface area (Å²) in [6.45, 7) is 6.50. The van der Waals surface area contributed by atoms with Gasteiger partial charge >= 0.3 is 0 Å². The molecule has 0 unspecified atom stereocenters. The molecule has 0 aliphatic heterocycles. The number of hydrogen-bond acceptors (Lipinski definition) is 0. The Morgan fingerprint density at radius 1 is 0.762 bits per heavy atom. The largest absolute Gasteiger partial charge is 0.0842 e. The first-order valence-corrected chi connectivity index (χ1v) is 7.67. The van der Waals surface area contributed by atoms with E-state index in [1.54, 1.807) is 0 Å². The van der Waals surface area contributed by atoms with Crippen molar-refractivity contribution in [2.75, 3.05) is 0 Å². The Morgan fingerprint density at radius 2 is 1.24 bits per heavy atom. The SMILES string of the molecule is CC(C)C=Cc1ccccc1.CCC=Cc1ccccc1. The van der Waals surface area contributed by atoms with E-state index in [0.717, 1.165) is 6.42 Å². The second-order valence-corrected chi connectivity index (χ2v) is 5.24. The molecule has 0 amide bonds. The van der Waals surface area contributed by atoms with E-state index in [-0.39, 0.29) is 0 Å². The molecule has 0 fully saturated rings. The number of allylic oxidation sites excluding steroid dienone is 2. The van der Waals surface area contributed by atoms with Crippen molar-refractivity contribution in [2.24, 2.45) is 5.92 Å². The van der Waals surface area contributed by atoms with E-state index in [2.05, 4.69) is 93.6 Å². The molecule has 0 aliphatic carbocycles. The Bertz CT molecular complexity index is 518. The van der Waals surface area contributed by atoms with Gasteiger partial charge in [0.25, 0.3) is 0 Å². The van der Waals surface area contributed by atoms with Crippen molar-refractivity contribution in [2.45, 2.75) is 27.2 Å². The lowest BCUT2D eigenvalue weighted by Crippen LogP contribution is -1.76. The van der Waals surface area contributed by atoms with Crippen molar-refractivity contribution in [3.05, 3.63) is 83.9 Å². The zero-order valence-corrected chi connectivity index (χ0v) is 13.4. The van der Waals surface area contributed by atoms with Crippen LogP contribution >= 0.6 is 0 Å². The molecule has 0 spiro atoms. The van der Waals surface area contributed by atoms with Crippen molar-refractivity contribution in [1.29, 1.82) is 0 Å². The highest BCUT2D eigenvalue weighted by Crippen LogP contribution is 2.04. The highest BCUT2D eigenvalue weighted by atomic mass is 13.9. The molecule has 2 rings (SSSR count). The molecular weight excluding hydrogens is 252 g/mol. The number of hydrogen-bond donors (Lipinski definition) is 0. The lowest BCUT2D eigenvalue weighted by Gasteiger charge is -1.93. The molecule has 0 saturated carbocycles. The van der Waals surface area contributed by atoms with Gasteiger partial charge in [-0.3, -0.25) is 0 Å². The van der Waals surface area contributed by atoms with Crippen molar-refractivity contribution in [3.8, 4) is 0 Å². The van der Waals surface area contributed by atoms with Gasteiger partial charge < -0.3 is 0 Å². The summed E-state index contributed by atoms with van der Waals surface area (Å²) < 4.78 is 0. The second kappa shape index (κ2) is 10.7. The molecular formula is C21H26. The molecule has 0 N–H and O–H groups in total. The maximum Gasteiger partial charge on any atom is -0.0260 e. The number of rotatable bonds is 4. The van der Waals surface area contributed by atoms with Crippen molar-refractivity contribution >= 4 is 12.2 Å². The van der Waals surface area contributed by atoms with Crippen LogP contribution in [-0.2, 0) is 0 Å². The monoisotopic (exact) mass is 278 g/mol. The topological polar surface area (TPSA) is 0 Å². The first kappa shape index (κ1) is 17.0. The minimum absolute atomic E-state index is 0.634. The Labute approximate surface area is 129 Å². The molecule has 2 aromatic rings. The summed E-state index contributed by atoms with van der Waals surface area (Å²) in [4.78, 5) is 0. The van der Waals surface area contributed by atoms with Gasteiger partial charge in [-0.1, -0.05) is 106 Å². The Kier molecular flexibility index (Phi) is 8.63. The summed E-state index contributed by atoms with van der Waals surface area (Å²) >= 11 is 0. The average molecular weight is 278 g/mol. The highest BCUT2D eigenvalue weighted by Gasteiger charge is 1.84. The molecule has 0 nitrogen and oxygen atoms in total. The van der Waals surface area contributed by atoms with E-state index >= 15 is 0 Å². The third kappa shape index (κ3) is 8.65. The molecule has 0 aromatic heterocycles. The lowest BCUT2D eigenvalue weighted by molar-refractivity contribution is 0.836. The smallest absolute Gasteiger partial charge is 0.0260 e. The minimum Gasteiger partial charge on any atom is -0.0842 e. The summed E-state index contributed by atoms with van der Waals surface area (Å²) in [5.41, 5.74) is 2.56. The van der Waals surface area contributed by atoms with Crippen LogP contribution in [0.3, 0.4) is 0 Å². The molecule has 0 radical (unpaired) electrons. The van der Waals surface area contributed by atoms with Crippen LogP contribution in [0.4, 0.5) is 0 Å². The molecule has 0 heteroatoms. The lowest BCUT2D eigenvalue weighted by atomic mass is 10.1. The van der Waals surface area contributed by atoms with E-state index in [0.29, 0.717) is 5.92 Å². The van der Waals surface area contributed by atoms with Gasteiger partial charge in [0.1, 0.15) is 0 Å². The van der Waals surface area contributed by atoms with Gasteiger partial charge in [-0.25, -0.2) is 0 Å². The van der Waals surface area contributed by atoms with Crippen LogP contribution in [0.5, 0.6) is 0 Å². The van der Waals surface area contributed by atoms with Gasteiger partial charge in [0, 0.05) is 0 Å². The Morgan fingerprint density at radius 3 is 1.67 bits per heavy atom. The van der Waals surface area contributed by atoms with Gasteiger partial charge in [0.05, 0.1) is 0 Å². The third-order valence-corrected chi connectivity index (χ3v) is 2.82. The van der Waals surface area contributed by atoms with Crippen molar-refractivity contribution in [1.82, 2.24) is 0 Å². The predicted octanol–water partition coefficient (Wildman–Crippen LogP) is 6.47. The zero-order chi connectivity index (χ0) is 15.3. The maximum atomic E-state index is 2.20. The molecule has 0 aliphatic rings. The predicted molar refractivity (Wildman–Crippen MR) is 96.1 cm³/mol. The van der Waals surface area contributed by atoms with Crippen LogP contribution in [0.15, 0.2) is 72.8 Å². The first-order chi connectivity index (χ1) is 10.2. The summed E-state index contributed by atoms with van der Waals surface area (Å²) in [7, 11) is 0. The Hall–Kier alpha value is -2.08. The average Bonchev–Trinajstić information content (AvgIpc) is 2.53. The maximum absolute atomic E-state index is 2.20. The quantitative estimate of drug-likeness (QED) is 0.601. The summed E-state index contributed by atoms with van der Waals surface area (Å²) in [6, 6.07) is 20.7. The second-order valence-electron chi connectivity index (χ2n) is 5.24. The van der Waals surface area contributed by atoms with Crippen LogP contribution in [0.1, 0.15) is 38.3 Å². The molecule has 0 heterocycles.